The molecule has 2 rings (SSSR count). The van der Waals surface area contributed by atoms with Crippen molar-refractivity contribution in [1.82, 2.24) is 10.2 Å². The van der Waals surface area contributed by atoms with Crippen LogP contribution >= 0.6 is 15.9 Å². The van der Waals surface area contributed by atoms with Gasteiger partial charge in [0.1, 0.15) is 24.1 Å². The van der Waals surface area contributed by atoms with Gasteiger partial charge in [0.2, 0.25) is 5.91 Å². The zero-order valence-corrected chi connectivity index (χ0v) is 18.6. The molecule has 1 aliphatic rings. The Hall–Kier alpha value is -2.39. The summed E-state index contributed by atoms with van der Waals surface area (Å²) >= 11 is 3.18. The fourth-order valence-electron chi connectivity index (χ4n) is 3.15. The number of carbonyl (C=O) groups excluding carboxylic acids is 3. The molecule has 1 fully saturated rings. The van der Waals surface area contributed by atoms with Gasteiger partial charge < -0.3 is 19.5 Å². The van der Waals surface area contributed by atoms with Crippen molar-refractivity contribution in [3.05, 3.63) is 46.1 Å². The first-order valence-corrected chi connectivity index (χ1v) is 9.81. The van der Waals surface area contributed by atoms with E-state index in [1.165, 1.54) is 12.0 Å². The summed E-state index contributed by atoms with van der Waals surface area (Å²) in [5.74, 6) is -1.30. The van der Waals surface area contributed by atoms with Crippen molar-refractivity contribution in [2.45, 2.75) is 52.2 Å². The number of ether oxygens (including phenoxy) is 3. The number of carbonyl (C=O) groups is 3. The van der Waals surface area contributed by atoms with Crippen molar-refractivity contribution in [3.63, 3.8) is 0 Å². The number of nitrogens with one attached hydrogen (secondary N) is 1. The van der Waals surface area contributed by atoms with E-state index in [9.17, 15) is 14.4 Å². The lowest BCUT2D eigenvalue weighted by Crippen LogP contribution is -2.54. The predicted octanol–water partition coefficient (Wildman–Crippen LogP) is 3.06. The fourth-order valence-corrected chi connectivity index (χ4v) is 3.41. The molecule has 0 saturated carbocycles. The second-order valence-corrected chi connectivity index (χ2v) is 8.20. The van der Waals surface area contributed by atoms with Crippen molar-refractivity contribution in [3.8, 4) is 0 Å². The number of hydrogen-bond donors (Lipinski definition) is 1. The first kappa shape index (κ1) is 22.9. The smallest absolute Gasteiger partial charge is 0.413 e. The summed E-state index contributed by atoms with van der Waals surface area (Å²) in [6, 6.07) is 8.21. The van der Waals surface area contributed by atoms with Gasteiger partial charge in [0.05, 0.1) is 13.2 Å². The first-order chi connectivity index (χ1) is 13.6. The van der Waals surface area contributed by atoms with Crippen LogP contribution in [-0.4, -0.2) is 47.9 Å². The molecule has 2 atom stereocenters. The van der Waals surface area contributed by atoms with Crippen LogP contribution in [0.15, 0.2) is 40.5 Å². The number of amides is 2. The van der Waals surface area contributed by atoms with Crippen LogP contribution in [0, 0.1) is 0 Å². The third-order valence-corrected chi connectivity index (χ3v) is 4.83. The second-order valence-electron chi connectivity index (χ2n) is 7.01. The molecule has 0 aliphatic carbocycles. The maximum absolute atomic E-state index is 13.0. The van der Waals surface area contributed by atoms with Crippen LogP contribution in [0.4, 0.5) is 4.79 Å². The summed E-state index contributed by atoms with van der Waals surface area (Å²) in [5.41, 5.74) is -0.306. The highest BCUT2D eigenvalue weighted by Crippen LogP contribution is 2.33. The van der Waals surface area contributed by atoms with E-state index in [1.54, 1.807) is 27.7 Å². The molecule has 0 spiro atoms. The number of benzene rings is 1. The van der Waals surface area contributed by atoms with E-state index < -0.39 is 35.8 Å². The van der Waals surface area contributed by atoms with Gasteiger partial charge in [-0.1, -0.05) is 46.3 Å². The van der Waals surface area contributed by atoms with Gasteiger partial charge in [-0.05, 0) is 33.3 Å². The number of nitrogens with zero attached hydrogens (tertiary/aromatic N) is 1. The molecule has 1 N–H and O–H groups in total. The molecule has 1 aromatic rings. The summed E-state index contributed by atoms with van der Waals surface area (Å²) in [6.07, 6.45) is -1.31. The highest BCUT2D eigenvalue weighted by atomic mass is 79.9. The monoisotopic (exact) mass is 468 g/mol. The molecule has 2 amide bonds. The van der Waals surface area contributed by atoms with E-state index in [0.717, 1.165) is 5.56 Å². The zero-order chi connectivity index (χ0) is 21.8. The largest absolute Gasteiger partial charge is 0.464 e. The molecule has 1 aromatic carbocycles. The minimum atomic E-state index is -1.08. The molecule has 1 heterocycles. The van der Waals surface area contributed by atoms with Gasteiger partial charge in [-0.15, -0.1) is 0 Å². The lowest BCUT2D eigenvalue weighted by molar-refractivity contribution is -0.138. The molecule has 0 aromatic heterocycles. The quantitative estimate of drug-likeness (QED) is 0.526. The summed E-state index contributed by atoms with van der Waals surface area (Å²) in [4.78, 5) is 39.0. The number of allylic oxidation sites excluding steroid dienone is 1. The van der Waals surface area contributed by atoms with Crippen LogP contribution < -0.4 is 5.32 Å². The van der Waals surface area contributed by atoms with Crippen molar-refractivity contribution in [2.24, 2.45) is 0 Å². The number of hydrogen-bond acceptors (Lipinski definition) is 6. The van der Waals surface area contributed by atoms with E-state index in [1.807, 2.05) is 30.3 Å². The van der Waals surface area contributed by atoms with Crippen LogP contribution in [0.25, 0.3) is 0 Å². The Morgan fingerprint density at radius 2 is 1.86 bits per heavy atom. The number of methoxy groups -OCH3 is 1. The SMILES string of the molecule is COC(=O)/C(NC(=O)[C@@H]1[C@@H](C)OC(C)(C)N1C(=O)OCc1ccccc1)=C(/C)Br. The van der Waals surface area contributed by atoms with Gasteiger partial charge in [-0.2, -0.15) is 0 Å². The Morgan fingerprint density at radius 1 is 1.24 bits per heavy atom. The third kappa shape index (κ3) is 5.36. The molecule has 158 valence electrons. The standard InChI is InChI=1S/C20H25BrN2O6/c1-12(21)15(18(25)27-5)22-17(24)16-13(2)29-20(3,4)23(16)19(26)28-11-14-9-7-6-8-10-14/h6-10,13,16H,11H2,1-5H3,(H,22,24)/b15-12+/t13-,16+/m1/s1. The molecular formula is C20H25BrN2O6. The first-order valence-electron chi connectivity index (χ1n) is 9.02. The van der Waals surface area contributed by atoms with Crippen LogP contribution in [0.1, 0.15) is 33.3 Å². The normalized spacial score (nSPS) is 21.2. The third-order valence-electron chi connectivity index (χ3n) is 4.43. The van der Waals surface area contributed by atoms with Crippen LogP contribution in [0.5, 0.6) is 0 Å². The summed E-state index contributed by atoms with van der Waals surface area (Å²) < 4.78 is 16.3. The highest BCUT2D eigenvalue weighted by molar-refractivity contribution is 9.11. The average Bonchev–Trinajstić information content (AvgIpc) is 2.92. The van der Waals surface area contributed by atoms with Crippen LogP contribution in [-0.2, 0) is 30.4 Å². The van der Waals surface area contributed by atoms with Gasteiger partial charge in [-0.25, -0.2) is 9.59 Å². The summed E-state index contributed by atoms with van der Waals surface area (Å²) in [6.45, 7) is 6.68. The van der Waals surface area contributed by atoms with Crippen LogP contribution in [0.3, 0.4) is 0 Å². The Kier molecular flexibility index (Phi) is 7.43. The Balaban J connectivity index is 2.21. The van der Waals surface area contributed by atoms with E-state index in [-0.39, 0.29) is 12.3 Å². The maximum Gasteiger partial charge on any atom is 0.413 e. The molecule has 9 heteroatoms. The molecule has 0 bridgehead atoms. The van der Waals surface area contributed by atoms with Crippen molar-refractivity contribution >= 4 is 33.9 Å². The van der Waals surface area contributed by atoms with Gasteiger partial charge in [0.15, 0.2) is 0 Å². The average molecular weight is 469 g/mol. The highest BCUT2D eigenvalue weighted by Gasteiger charge is 2.52. The zero-order valence-electron chi connectivity index (χ0n) is 17.0. The van der Waals surface area contributed by atoms with Gasteiger partial charge >= 0.3 is 12.1 Å². The predicted molar refractivity (Wildman–Crippen MR) is 109 cm³/mol. The number of esters is 1. The fraction of sp³-hybridized carbons (Fsp3) is 0.450. The van der Waals surface area contributed by atoms with E-state index in [0.29, 0.717) is 4.48 Å². The minimum absolute atomic E-state index is 0.0491. The molecule has 0 radical (unpaired) electrons. The van der Waals surface area contributed by atoms with Crippen molar-refractivity contribution in [2.75, 3.05) is 7.11 Å². The topological polar surface area (TPSA) is 94.2 Å². The molecular weight excluding hydrogens is 444 g/mol. The van der Waals surface area contributed by atoms with Gasteiger partial charge in [0, 0.05) is 4.48 Å². The molecule has 1 aliphatic heterocycles. The Morgan fingerprint density at radius 3 is 2.41 bits per heavy atom. The minimum Gasteiger partial charge on any atom is -0.464 e. The van der Waals surface area contributed by atoms with Crippen LogP contribution in [0.2, 0.25) is 0 Å². The number of halogens is 1. The maximum atomic E-state index is 13.0. The molecule has 1 saturated heterocycles. The van der Waals surface area contributed by atoms with Gasteiger partial charge in [-0.3, -0.25) is 9.69 Å². The van der Waals surface area contributed by atoms with E-state index in [2.05, 4.69) is 26.0 Å². The lowest BCUT2D eigenvalue weighted by Gasteiger charge is -2.32. The summed E-state index contributed by atoms with van der Waals surface area (Å²) in [5, 5.41) is 2.53. The number of rotatable bonds is 5. The molecule has 29 heavy (non-hydrogen) atoms. The van der Waals surface area contributed by atoms with E-state index >= 15 is 0 Å². The van der Waals surface area contributed by atoms with Crippen molar-refractivity contribution in [1.29, 1.82) is 0 Å². The molecule has 8 nitrogen and oxygen atoms in total. The van der Waals surface area contributed by atoms with E-state index in [4.69, 9.17) is 9.47 Å². The lowest BCUT2D eigenvalue weighted by atomic mass is 10.1. The summed E-state index contributed by atoms with van der Waals surface area (Å²) in [7, 11) is 1.21. The second kappa shape index (κ2) is 9.41. The molecule has 0 unspecified atom stereocenters. The van der Waals surface area contributed by atoms with Crippen molar-refractivity contribution < 1.29 is 28.6 Å². The van der Waals surface area contributed by atoms with Gasteiger partial charge in [0.25, 0.3) is 0 Å². The Labute approximate surface area is 178 Å². The Bertz CT molecular complexity index is 804.